The Morgan fingerprint density at radius 2 is 2.08 bits per heavy atom. The van der Waals surface area contributed by atoms with E-state index in [1.165, 1.54) is 0 Å². The van der Waals surface area contributed by atoms with Gasteiger partial charge in [-0.25, -0.2) is 0 Å². The molecule has 0 saturated heterocycles. The molecule has 0 spiro atoms. The highest BCUT2D eigenvalue weighted by atomic mass is 32.1. The van der Waals surface area contributed by atoms with Gasteiger partial charge in [-0.15, -0.1) is 0 Å². The summed E-state index contributed by atoms with van der Waals surface area (Å²) in [6.07, 6.45) is 0. The predicted octanol–water partition coefficient (Wildman–Crippen LogP) is -0.520. The molecule has 0 aromatic carbocycles. The van der Waals surface area contributed by atoms with Gasteiger partial charge in [-0.1, -0.05) is 0 Å². The van der Waals surface area contributed by atoms with Gasteiger partial charge in [0.15, 0.2) is 0 Å². The Labute approximate surface area is 85.5 Å². The molecular formula is C7H19N3S2. The molecule has 2 atom stereocenters. The lowest BCUT2D eigenvalue weighted by Crippen LogP contribution is -2.54. The minimum absolute atomic E-state index is 0.0825. The van der Waals surface area contributed by atoms with Crippen molar-refractivity contribution in [2.75, 3.05) is 24.6 Å². The molecule has 0 aromatic rings. The van der Waals surface area contributed by atoms with Gasteiger partial charge in [-0.05, 0) is 6.92 Å². The number of hydrogen-bond acceptors (Lipinski definition) is 5. The maximum absolute atomic E-state index is 5.68. The molecule has 3 nitrogen and oxygen atoms in total. The van der Waals surface area contributed by atoms with E-state index in [-0.39, 0.29) is 11.6 Å². The SMILES string of the molecule is C[C@@](CN)(CS)NC[C@@H](N)CS. The minimum atomic E-state index is -0.107. The van der Waals surface area contributed by atoms with E-state index in [1.807, 2.05) is 6.92 Å². The smallest absolute Gasteiger partial charge is 0.0364 e. The average molecular weight is 209 g/mol. The largest absolute Gasteiger partial charge is 0.329 e. The van der Waals surface area contributed by atoms with Gasteiger partial charge in [0.1, 0.15) is 0 Å². The molecule has 0 aliphatic carbocycles. The van der Waals surface area contributed by atoms with E-state index >= 15 is 0 Å². The molecule has 0 aromatic heterocycles. The number of nitrogens with one attached hydrogen (secondary N) is 1. The Morgan fingerprint density at radius 3 is 2.42 bits per heavy atom. The van der Waals surface area contributed by atoms with Crippen molar-refractivity contribution in [3.05, 3.63) is 0 Å². The predicted molar refractivity (Wildman–Crippen MR) is 61.1 cm³/mol. The Balaban J connectivity index is 3.72. The fourth-order valence-electron chi connectivity index (χ4n) is 0.635. The van der Waals surface area contributed by atoms with Crippen LogP contribution in [0.5, 0.6) is 0 Å². The first-order valence-corrected chi connectivity index (χ1v) is 5.27. The molecule has 0 fully saturated rings. The Hall–Kier alpha value is 0.580. The Morgan fingerprint density at radius 1 is 1.50 bits per heavy atom. The Bertz CT molecular complexity index is 117. The summed E-state index contributed by atoms with van der Waals surface area (Å²) < 4.78 is 0. The second-order valence-electron chi connectivity index (χ2n) is 3.25. The van der Waals surface area contributed by atoms with Crippen LogP contribution in [0.25, 0.3) is 0 Å². The minimum Gasteiger partial charge on any atom is -0.329 e. The summed E-state index contributed by atoms with van der Waals surface area (Å²) in [5.74, 6) is 1.39. The van der Waals surface area contributed by atoms with Gasteiger partial charge in [0, 0.05) is 36.2 Å². The van der Waals surface area contributed by atoms with Crippen LogP contribution in [0.1, 0.15) is 6.92 Å². The van der Waals surface area contributed by atoms with E-state index in [0.29, 0.717) is 18.1 Å². The van der Waals surface area contributed by atoms with Gasteiger partial charge < -0.3 is 16.8 Å². The van der Waals surface area contributed by atoms with Crippen molar-refractivity contribution < 1.29 is 0 Å². The van der Waals surface area contributed by atoms with Crippen LogP contribution in [0, 0.1) is 0 Å². The molecule has 12 heavy (non-hydrogen) atoms. The molecule has 5 heteroatoms. The van der Waals surface area contributed by atoms with E-state index < -0.39 is 0 Å². The summed E-state index contributed by atoms with van der Waals surface area (Å²) in [5, 5.41) is 3.27. The highest BCUT2D eigenvalue weighted by Gasteiger charge is 2.19. The van der Waals surface area contributed by atoms with Gasteiger partial charge in [0.2, 0.25) is 0 Å². The van der Waals surface area contributed by atoms with Gasteiger partial charge in [-0.3, -0.25) is 0 Å². The summed E-state index contributed by atoms with van der Waals surface area (Å²) in [6, 6.07) is 0.0825. The molecule has 74 valence electrons. The van der Waals surface area contributed by atoms with Crippen molar-refractivity contribution in [3.63, 3.8) is 0 Å². The second-order valence-corrected chi connectivity index (χ2v) is 3.93. The van der Waals surface area contributed by atoms with Crippen molar-refractivity contribution in [1.82, 2.24) is 5.32 Å². The zero-order valence-corrected chi connectivity index (χ0v) is 9.24. The van der Waals surface area contributed by atoms with Crippen LogP contribution in [0.4, 0.5) is 0 Å². The van der Waals surface area contributed by atoms with Gasteiger partial charge >= 0.3 is 0 Å². The third kappa shape index (κ3) is 4.57. The summed E-state index contributed by atoms with van der Waals surface area (Å²) >= 11 is 8.30. The number of rotatable bonds is 6. The maximum Gasteiger partial charge on any atom is 0.0364 e. The van der Waals surface area contributed by atoms with Crippen molar-refractivity contribution in [2.45, 2.75) is 18.5 Å². The second kappa shape index (κ2) is 6.10. The molecule has 0 rings (SSSR count). The van der Waals surface area contributed by atoms with Crippen LogP contribution in [0.2, 0.25) is 0 Å². The Kier molecular flexibility index (Phi) is 6.39. The number of hydrogen-bond donors (Lipinski definition) is 5. The molecule has 0 heterocycles. The standard InChI is InChI=1S/C7H19N3S2/c1-7(4-8,5-12)10-2-6(9)3-11/h6,10-12H,2-5,8-9H2,1H3/t6-,7-/m1/s1. The van der Waals surface area contributed by atoms with Crippen molar-refractivity contribution in [2.24, 2.45) is 11.5 Å². The summed E-state index contributed by atoms with van der Waals surface area (Å²) in [6.45, 7) is 3.33. The van der Waals surface area contributed by atoms with Crippen LogP contribution in [-0.4, -0.2) is 36.2 Å². The molecule has 0 radical (unpaired) electrons. The van der Waals surface area contributed by atoms with Crippen LogP contribution >= 0.6 is 25.3 Å². The van der Waals surface area contributed by atoms with Crippen molar-refractivity contribution >= 4 is 25.3 Å². The monoisotopic (exact) mass is 209 g/mol. The quantitative estimate of drug-likeness (QED) is 0.383. The number of thiol groups is 2. The van der Waals surface area contributed by atoms with E-state index in [9.17, 15) is 0 Å². The lowest BCUT2D eigenvalue weighted by molar-refractivity contribution is 0.396. The fourth-order valence-corrected chi connectivity index (χ4v) is 1.00. The summed E-state index contributed by atoms with van der Waals surface area (Å²) in [7, 11) is 0. The van der Waals surface area contributed by atoms with E-state index in [4.69, 9.17) is 11.5 Å². The number of nitrogens with two attached hydrogens (primary N) is 2. The summed E-state index contributed by atoms with van der Waals surface area (Å²) in [4.78, 5) is 0. The first-order chi connectivity index (χ1) is 5.58. The molecule has 0 amide bonds. The fraction of sp³-hybridized carbons (Fsp3) is 1.00. The van der Waals surface area contributed by atoms with Crippen LogP contribution in [0.3, 0.4) is 0 Å². The average Bonchev–Trinajstić information content (AvgIpc) is 2.13. The molecule has 0 aliphatic rings. The maximum atomic E-state index is 5.68. The molecule has 5 N–H and O–H groups in total. The normalized spacial score (nSPS) is 18.8. The van der Waals surface area contributed by atoms with E-state index in [1.54, 1.807) is 0 Å². The third-order valence-corrected chi connectivity index (χ3v) is 2.99. The molecule has 0 saturated carbocycles. The molecule has 0 aliphatic heterocycles. The lowest BCUT2D eigenvalue weighted by atomic mass is 10.1. The lowest BCUT2D eigenvalue weighted by Gasteiger charge is -2.28. The topological polar surface area (TPSA) is 64.1 Å². The van der Waals surface area contributed by atoms with Crippen LogP contribution in [-0.2, 0) is 0 Å². The third-order valence-electron chi connectivity index (χ3n) is 1.83. The molecular weight excluding hydrogens is 190 g/mol. The van der Waals surface area contributed by atoms with Crippen molar-refractivity contribution in [3.8, 4) is 0 Å². The van der Waals surface area contributed by atoms with Gasteiger partial charge in [0.05, 0.1) is 0 Å². The van der Waals surface area contributed by atoms with Gasteiger partial charge in [0.25, 0.3) is 0 Å². The molecule has 0 unspecified atom stereocenters. The molecule has 0 bridgehead atoms. The zero-order chi connectivity index (χ0) is 9.61. The highest BCUT2D eigenvalue weighted by molar-refractivity contribution is 7.80. The van der Waals surface area contributed by atoms with E-state index in [2.05, 4.69) is 30.6 Å². The highest BCUT2D eigenvalue weighted by Crippen LogP contribution is 2.03. The zero-order valence-electron chi connectivity index (χ0n) is 7.45. The first-order valence-electron chi connectivity index (χ1n) is 4.00. The van der Waals surface area contributed by atoms with Crippen LogP contribution in [0.15, 0.2) is 0 Å². The van der Waals surface area contributed by atoms with Gasteiger partial charge in [-0.2, -0.15) is 25.3 Å². The van der Waals surface area contributed by atoms with Crippen LogP contribution < -0.4 is 16.8 Å². The summed E-state index contributed by atoms with van der Waals surface area (Å²) in [5.41, 5.74) is 11.2. The first kappa shape index (κ1) is 12.6. The van der Waals surface area contributed by atoms with Crippen molar-refractivity contribution in [1.29, 1.82) is 0 Å². The van der Waals surface area contributed by atoms with E-state index in [0.717, 1.165) is 6.54 Å².